The van der Waals surface area contributed by atoms with E-state index in [1.807, 2.05) is 0 Å². The molecule has 0 aliphatic heterocycles. The van der Waals surface area contributed by atoms with E-state index in [1.165, 1.54) is 0 Å². The molecule has 1 unspecified atom stereocenters. The van der Waals surface area contributed by atoms with Gasteiger partial charge in [0.1, 0.15) is 0 Å². The summed E-state index contributed by atoms with van der Waals surface area (Å²) in [6, 6.07) is 0.00463. The molecular formula is C3H9N3. The topological polar surface area (TPSA) is 62.2 Å². The second-order valence-corrected chi connectivity index (χ2v) is 1.21. The molecule has 0 fully saturated rings. The molecule has 1 atom stereocenters. The number of nitrogens with zero attached hydrogens (tertiary/aromatic N) is 1. The summed E-state index contributed by atoms with van der Waals surface area (Å²) in [7, 11) is 0. The predicted octanol–water partition coefficient (Wildman–Crippen LogP) is 0.365. The first-order valence-corrected chi connectivity index (χ1v) is 1.88. The zero-order valence-electron chi connectivity index (χ0n) is 3.81. The highest BCUT2D eigenvalue weighted by Gasteiger charge is 1.87. The minimum atomic E-state index is 0.00463. The molecule has 0 spiro atoms. The van der Waals surface area contributed by atoms with Crippen molar-refractivity contribution in [2.24, 2.45) is 10.8 Å². The van der Waals surface area contributed by atoms with Crippen LogP contribution in [0.3, 0.4) is 0 Å². The van der Waals surface area contributed by atoms with E-state index in [-0.39, 0.29) is 6.04 Å². The van der Waals surface area contributed by atoms with Crippen LogP contribution in [0.5, 0.6) is 0 Å². The lowest BCUT2D eigenvalue weighted by Crippen LogP contribution is -2.12. The highest BCUT2D eigenvalue weighted by Crippen LogP contribution is 1.79. The second-order valence-electron chi connectivity index (χ2n) is 1.21. The standard InChI is InChI=1S/C3H9N3/c1-3(2-4)6-5/h3,5H,2,4H2,1H3. The Bertz CT molecular complexity index is 43.3. The lowest BCUT2D eigenvalue weighted by molar-refractivity contribution is 0.691. The summed E-state index contributed by atoms with van der Waals surface area (Å²) in [5, 5.41) is 3.13. The van der Waals surface area contributed by atoms with Crippen LogP contribution in [-0.2, 0) is 0 Å². The van der Waals surface area contributed by atoms with Gasteiger partial charge in [-0.3, -0.25) is 0 Å². The van der Waals surface area contributed by atoms with E-state index in [0.29, 0.717) is 6.54 Å². The van der Waals surface area contributed by atoms with E-state index in [2.05, 4.69) is 5.11 Å². The van der Waals surface area contributed by atoms with Crippen LogP contribution in [0.1, 0.15) is 6.92 Å². The van der Waals surface area contributed by atoms with Crippen LogP contribution in [0.2, 0.25) is 0 Å². The van der Waals surface area contributed by atoms with Gasteiger partial charge in [-0.2, -0.15) is 5.11 Å². The third-order valence-corrected chi connectivity index (χ3v) is 0.561. The smallest absolute Gasteiger partial charge is 0.0799 e. The molecule has 0 saturated heterocycles. The molecule has 3 heteroatoms. The maximum Gasteiger partial charge on any atom is 0.0799 e. The maximum absolute atomic E-state index is 6.35. The van der Waals surface area contributed by atoms with Gasteiger partial charge in [0.25, 0.3) is 0 Å². The highest BCUT2D eigenvalue weighted by molar-refractivity contribution is 4.52. The van der Waals surface area contributed by atoms with Crippen molar-refractivity contribution in [3.63, 3.8) is 0 Å². The van der Waals surface area contributed by atoms with E-state index >= 15 is 0 Å². The van der Waals surface area contributed by atoms with Gasteiger partial charge in [0.2, 0.25) is 0 Å². The summed E-state index contributed by atoms with van der Waals surface area (Å²) in [5.74, 6) is 0. The van der Waals surface area contributed by atoms with Crippen LogP contribution in [0.25, 0.3) is 0 Å². The van der Waals surface area contributed by atoms with E-state index in [0.717, 1.165) is 0 Å². The molecule has 0 aliphatic carbocycles. The van der Waals surface area contributed by atoms with E-state index in [4.69, 9.17) is 11.3 Å². The number of hydrogen-bond donors (Lipinski definition) is 2. The fourth-order valence-electron chi connectivity index (χ4n) is 0.0527. The zero-order valence-corrected chi connectivity index (χ0v) is 3.81. The van der Waals surface area contributed by atoms with Crippen LogP contribution >= 0.6 is 0 Å². The molecule has 0 rings (SSSR count). The Morgan fingerprint density at radius 2 is 2.50 bits per heavy atom. The maximum atomic E-state index is 6.35. The van der Waals surface area contributed by atoms with Crippen molar-refractivity contribution in [1.29, 1.82) is 5.53 Å². The van der Waals surface area contributed by atoms with Gasteiger partial charge in [0.05, 0.1) is 6.04 Å². The van der Waals surface area contributed by atoms with Crippen LogP contribution in [0.4, 0.5) is 0 Å². The zero-order chi connectivity index (χ0) is 4.99. The summed E-state index contributed by atoms with van der Waals surface area (Å²) >= 11 is 0. The lowest BCUT2D eigenvalue weighted by Gasteiger charge is -1.92. The molecule has 0 aliphatic rings. The first kappa shape index (κ1) is 5.56. The Kier molecular flexibility index (Phi) is 2.58. The van der Waals surface area contributed by atoms with Gasteiger partial charge in [-0.05, 0) is 6.92 Å². The molecule has 0 aromatic rings. The molecule has 0 heterocycles. The third-order valence-electron chi connectivity index (χ3n) is 0.561. The first-order chi connectivity index (χ1) is 2.81. The Hall–Kier alpha value is -0.440. The first-order valence-electron chi connectivity index (χ1n) is 1.88. The molecule has 0 saturated carbocycles. The van der Waals surface area contributed by atoms with Gasteiger partial charge in [0.15, 0.2) is 0 Å². The largest absolute Gasteiger partial charge is 0.328 e. The number of hydrogen-bond acceptors (Lipinski definition) is 3. The van der Waals surface area contributed by atoms with Crippen molar-refractivity contribution in [3.8, 4) is 0 Å². The molecule has 0 aromatic carbocycles. The average molecular weight is 87.1 g/mol. The van der Waals surface area contributed by atoms with Crippen molar-refractivity contribution >= 4 is 0 Å². The quantitative estimate of drug-likeness (QED) is 0.469. The van der Waals surface area contributed by atoms with Crippen molar-refractivity contribution < 1.29 is 0 Å². The average Bonchev–Trinajstić information content (AvgIpc) is 1.65. The molecule has 3 nitrogen and oxygen atoms in total. The Labute approximate surface area is 37.0 Å². The van der Waals surface area contributed by atoms with Crippen LogP contribution in [0, 0.1) is 5.53 Å². The van der Waals surface area contributed by atoms with Crippen LogP contribution in [0.15, 0.2) is 5.11 Å². The number of rotatable bonds is 2. The van der Waals surface area contributed by atoms with Gasteiger partial charge in [-0.15, -0.1) is 0 Å². The minimum Gasteiger partial charge on any atom is -0.328 e. The minimum absolute atomic E-state index is 0.00463. The van der Waals surface area contributed by atoms with Gasteiger partial charge in [0, 0.05) is 6.54 Å². The Morgan fingerprint density at radius 1 is 2.00 bits per heavy atom. The van der Waals surface area contributed by atoms with Crippen molar-refractivity contribution in [2.45, 2.75) is 13.0 Å². The molecule has 6 heavy (non-hydrogen) atoms. The van der Waals surface area contributed by atoms with E-state index < -0.39 is 0 Å². The molecule has 0 amide bonds. The molecule has 3 N–H and O–H groups in total. The van der Waals surface area contributed by atoms with Gasteiger partial charge >= 0.3 is 0 Å². The third kappa shape index (κ3) is 1.84. The van der Waals surface area contributed by atoms with Crippen LogP contribution < -0.4 is 5.73 Å². The van der Waals surface area contributed by atoms with E-state index in [1.54, 1.807) is 6.92 Å². The predicted molar refractivity (Wildman–Crippen MR) is 23.7 cm³/mol. The van der Waals surface area contributed by atoms with Crippen molar-refractivity contribution in [1.82, 2.24) is 0 Å². The van der Waals surface area contributed by atoms with Gasteiger partial charge < -0.3 is 5.73 Å². The monoisotopic (exact) mass is 87.1 g/mol. The number of nitrogens with two attached hydrogens (primary N) is 1. The normalized spacial score (nSPS) is 13.7. The molecule has 0 bridgehead atoms. The molecule has 0 aromatic heterocycles. The Balaban J connectivity index is 2.96. The second kappa shape index (κ2) is 2.78. The molecule has 0 radical (unpaired) electrons. The summed E-state index contributed by atoms with van der Waals surface area (Å²) in [6.45, 7) is 2.27. The summed E-state index contributed by atoms with van der Waals surface area (Å²) in [5.41, 5.74) is 11.4. The van der Waals surface area contributed by atoms with Crippen LogP contribution in [-0.4, -0.2) is 12.6 Å². The molecule has 36 valence electrons. The lowest BCUT2D eigenvalue weighted by atomic mass is 10.4. The summed E-state index contributed by atoms with van der Waals surface area (Å²) < 4.78 is 0. The summed E-state index contributed by atoms with van der Waals surface area (Å²) in [4.78, 5) is 0. The summed E-state index contributed by atoms with van der Waals surface area (Å²) in [6.07, 6.45) is 0. The van der Waals surface area contributed by atoms with Crippen molar-refractivity contribution in [2.75, 3.05) is 6.54 Å². The van der Waals surface area contributed by atoms with E-state index in [9.17, 15) is 0 Å². The highest BCUT2D eigenvalue weighted by atomic mass is 15.0. The fraction of sp³-hybridized carbons (Fsp3) is 1.00. The van der Waals surface area contributed by atoms with Gasteiger partial charge in [-0.25, -0.2) is 5.53 Å². The molecular weight excluding hydrogens is 78.1 g/mol. The number of nitrogens with one attached hydrogen (secondary N) is 1. The Morgan fingerprint density at radius 3 is 2.50 bits per heavy atom. The van der Waals surface area contributed by atoms with Gasteiger partial charge in [-0.1, -0.05) is 0 Å². The SMILES string of the molecule is CC(CN)N=N. The fourth-order valence-corrected chi connectivity index (χ4v) is 0.0527. The van der Waals surface area contributed by atoms with Crippen molar-refractivity contribution in [3.05, 3.63) is 0 Å².